The first kappa shape index (κ1) is 15.2. The molecule has 0 aliphatic carbocycles. The van der Waals surface area contributed by atoms with Gasteiger partial charge in [0.1, 0.15) is 9.84 Å². The first-order chi connectivity index (χ1) is 7.62. The van der Waals surface area contributed by atoms with Crippen LogP contribution in [0.25, 0.3) is 0 Å². The molecule has 0 aromatic rings. The molecular weight excluding hydrogens is 286 g/mol. The number of alkyl halides is 1. The maximum absolute atomic E-state index is 11.9. The van der Waals surface area contributed by atoms with Gasteiger partial charge in [-0.2, -0.15) is 0 Å². The van der Waals surface area contributed by atoms with Gasteiger partial charge in [-0.25, -0.2) is 21.1 Å². The minimum atomic E-state index is -3.50. The Morgan fingerprint density at radius 2 is 1.82 bits per heavy atom. The number of hydrogen-bond donors (Lipinski definition) is 0. The zero-order valence-corrected chi connectivity index (χ0v) is 12.4. The third-order valence-electron chi connectivity index (χ3n) is 2.93. The quantitative estimate of drug-likeness (QED) is 0.701. The molecule has 1 aliphatic heterocycles. The van der Waals surface area contributed by atoms with Crippen molar-refractivity contribution in [3.8, 4) is 0 Å². The van der Waals surface area contributed by atoms with Crippen LogP contribution >= 0.6 is 11.6 Å². The first-order valence-corrected chi connectivity index (χ1v) is 9.52. The summed E-state index contributed by atoms with van der Waals surface area (Å²) in [4.78, 5) is 0. The molecule has 0 spiro atoms. The normalized spacial score (nSPS) is 28.2. The Balaban J connectivity index is 2.65. The molecule has 0 aromatic heterocycles. The molecule has 0 radical (unpaired) electrons. The summed E-state index contributed by atoms with van der Waals surface area (Å²) in [7, 11) is -6.76. The molecule has 0 bridgehead atoms. The first-order valence-electron chi connectivity index (χ1n) is 5.41. The van der Waals surface area contributed by atoms with Crippen molar-refractivity contribution in [3.63, 3.8) is 0 Å². The molecule has 17 heavy (non-hydrogen) atoms. The molecular formula is C9H18ClNO4S2. The predicted octanol–water partition coefficient (Wildman–Crippen LogP) is 0.310. The number of sulfone groups is 1. The van der Waals surface area contributed by atoms with Gasteiger partial charge in [0.05, 0.1) is 11.5 Å². The molecule has 2 unspecified atom stereocenters. The van der Waals surface area contributed by atoms with Gasteiger partial charge in [0.25, 0.3) is 0 Å². The summed E-state index contributed by atoms with van der Waals surface area (Å²) >= 11 is 6.03. The summed E-state index contributed by atoms with van der Waals surface area (Å²) < 4.78 is 47.0. The summed E-state index contributed by atoms with van der Waals surface area (Å²) in [6.07, 6.45) is 1.75. The summed E-state index contributed by atoms with van der Waals surface area (Å²) in [5.41, 5.74) is 0. The van der Waals surface area contributed by atoms with Crippen molar-refractivity contribution in [1.29, 1.82) is 0 Å². The van der Waals surface area contributed by atoms with Crippen molar-refractivity contribution >= 4 is 31.5 Å². The molecule has 1 fully saturated rings. The summed E-state index contributed by atoms with van der Waals surface area (Å²) in [5, 5.41) is -0.197. The Bertz CT molecular complexity index is 459. The fraction of sp³-hybridized carbons (Fsp3) is 1.00. The van der Waals surface area contributed by atoms with Crippen LogP contribution in [0.2, 0.25) is 0 Å². The second kappa shape index (κ2) is 5.42. The largest absolute Gasteiger partial charge is 0.229 e. The smallest absolute Gasteiger partial charge is 0.215 e. The summed E-state index contributed by atoms with van der Waals surface area (Å²) in [6, 6.07) is 0. The van der Waals surface area contributed by atoms with Crippen molar-refractivity contribution in [2.75, 3.05) is 30.9 Å². The molecule has 1 aliphatic rings. The van der Waals surface area contributed by atoms with E-state index in [2.05, 4.69) is 0 Å². The van der Waals surface area contributed by atoms with Gasteiger partial charge in [-0.05, 0) is 12.3 Å². The van der Waals surface area contributed by atoms with E-state index in [1.807, 2.05) is 6.92 Å². The van der Waals surface area contributed by atoms with E-state index < -0.39 is 19.9 Å². The Labute approximate surface area is 108 Å². The molecule has 0 aromatic carbocycles. The van der Waals surface area contributed by atoms with Crippen LogP contribution in [0.4, 0.5) is 0 Å². The van der Waals surface area contributed by atoms with Crippen LogP contribution in [-0.2, 0) is 19.9 Å². The Hall–Kier alpha value is 0.150. The highest BCUT2D eigenvalue weighted by Crippen LogP contribution is 2.23. The summed E-state index contributed by atoms with van der Waals surface area (Å²) in [6.45, 7) is 2.68. The maximum Gasteiger partial charge on any atom is 0.215 e. The number of nitrogens with zero attached hydrogens (tertiary/aromatic N) is 1. The molecule has 1 rings (SSSR count). The van der Waals surface area contributed by atoms with Gasteiger partial charge in [0.15, 0.2) is 0 Å². The maximum atomic E-state index is 11.9. The zero-order valence-electron chi connectivity index (χ0n) is 9.96. The Morgan fingerprint density at radius 1 is 1.24 bits per heavy atom. The molecule has 0 N–H and O–H groups in total. The van der Waals surface area contributed by atoms with E-state index in [4.69, 9.17) is 11.6 Å². The topological polar surface area (TPSA) is 71.5 Å². The third kappa shape index (κ3) is 4.73. The molecule has 0 saturated carbocycles. The van der Waals surface area contributed by atoms with Gasteiger partial charge in [0.2, 0.25) is 10.0 Å². The van der Waals surface area contributed by atoms with Crippen molar-refractivity contribution in [2.45, 2.75) is 18.7 Å². The van der Waals surface area contributed by atoms with Crippen LogP contribution in [0.3, 0.4) is 0 Å². The standard InChI is InChI=1S/C9H18ClNO4S2/c1-8-3-4-11(7-9(8)10)17(14,15)6-5-16(2,12)13/h8-9H,3-7H2,1-2H3. The lowest BCUT2D eigenvalue weighted by Gasteiger charge is -2.33. The monoisotopic (exact) mass is 303 g/mol. The van der Waals surface area contributed by atoms with Gasteiger partial charge < -0.3 is 0 Å². The number of rotatable bonds is 4. The van der Waals surface area contributed by atoms with E-state index in [-0.39, 0.29) is 29.3 Å². The van der Waals surface area contributed by atoms with Crippen LogP contribution in [0.5, 0.6) is 0 Å². The summed E-state index contributed by atoms with van der Waals surface area (Å²) in [5.74, 6) is -0.406. The van der Waals surface area contributed by atoms with Crippen LogP contribution in [-0.4, -0.2) is 57.4 Å². The molecule has 1 saturated heterocycles. The number of piperidine rings is 1. The molecule has 0 amide bonds. The SMILES string of the molecule is CC1CCN(S(=O)(=O)CCS(C)(=O)=O)CC1Cl. The van der Waals surface area contributed by atoms with Gasteiger partial charge in [0, 0.05) is 24.7 Å². The van der Waals surface area contributed by atoms with Gasteiger partial charge in [-0.1, -0.05) is 6.92 Å². The van der Waals surface area contributed by atoms with E-state index >= 15 is 0 Å². The van der Waals surface area contributed by atoms with Crippen LogP contribution < -0.4 is 0 Å². The Kier molecular flexibility index (Phi) is 4.85. The van der Waals surface area contributed by atoms with E-state index in [9.17, 15) is 16.8 Å². The predicted molar refractivity (Wildman–Crippen MR) is 68.5 cm³/mol. The second-order valence-electron chi connectivity index (χ2n) is 4.59. The minimum Gasteiger partial charge on any atom is -0.229 e. The number of hydrogen-bond acceptors (Lipinski definition) is 4. The molecule has 1 heterocycles. The van der Waals surface area contributed by atoms with Gasteiger partial charge >= 0.3 is 0 Å². The molecule has 102 valence electrons. The lowest BCUT2D eigenvalue weighted by atomic mass is 10.0. The number of halogens is 1. The van der Waals surface area contributed by atoms with Crippen LogP contribution in [0, 0.1) is 5.92 Å². The lowest BCUT2D eigenvalue weighted by molar-refractivity contribution is 0.293. The minimum absolute atomic E-state index is 0.197. The third-order valence-corrected chi connectivity index (χ3v) is 6.55. The zero-order chi connectivity index (χ0) is 13.3. The highest BCUT2D eigenvalue weighted by Gasteiger charge is 2.31. The van der Waals surface area contributed by atoms with E-state index in [0.717, 1.165) is 6.26 Å². The van der Waals surface area contributed by atoms with E-state index in [0.29, 0.717) is 13.0 Å². The fourth-order valence-electron chi connectivity index (χ4n) is 1.63. The Morgan fingerprint density at radius 3 is 2.29 bits per heavy atom. The van der Waals surface area contributed by atoms with Crippen molar-refractivity contribution in [3.05, 3.63) is 0 Å². The molecule has 2 atom stereocenters. The highest BCUT2D eigenvalue weighted by molar-refractivity contribution is 7.93. The van der Waals surface area contributed by atoms with Crippen molar-refractivity contribution in [2.24, 2.45) is 5.92 Å². The van der Waals surface area contributed by atoms with Crippen molar-refractivity contribution in [1.82, 2.24) is 4.31 Å². The average Bonchev–Trinajstić information content (AvgIpc) is 2.18. The fourth-order valence-corrected chi connectivity index (χ4v) is 5.09. The van der Waals surface area contributed by atoms with Crippen LogP contribution in [0.15, 0.2) is 0 Å². The average molecular weight is 304 g/mol. The molecule has 8 heteroatoms. The van der Waals surface area contributed by atoms with Gasteiger partial charge in [-0.3, -0.25) is 0 Å². The highest BCUT2D eigenvalue weighted by atomic mass is 35.5. The van der Waals surface area contributed by atoms with Crippen LogP contribution in [0.1, 0.15) is 13.3 Å². The van der Waals surface area contributed by atoms with Crippen molar-refractivity contribution < 1.29 is 16.8 Å². The number of sulfonamides is 1. The van der Waals surface area contributed by atoms with E-state index in [1.165, 1.54) is 4.31 Å². The van der Waals surface area contributed by atoms with E-state index in [1.54, 1.807) is 0 Å². The van der Waals surface area contributed by atoms with Gasteiger partial charge in [-0.15, -0.1) is 11.6 Å². The molecule has 5 nitrogen and oxygen atoms in total. The lowest BCUT2D eigenvalue weighted by Crippen LogP contribution is -2.45. The second-order valence-corrected chi connectivity index (χ2v) is 9.49.